The number of benzene rings is 1. The predicted octanol–water partition coefficient (Wildman–Crippen LogP) is 3.22. The van der Waals surface area contributed by atoms with Gasteiger partial charge in [-0.15, -0.1) is 0 Å². The molecule has 0 aliphatic heterocycles. The van der Waals surface area contributed by atoms with E-state index in [1.807, 2.05) is 24.3 Å². The van der Waals surface area contributed by atoms with Crippen LogP contribution in [0.15, 0.2) is 34.8 Å². The van der Waals surface area contributed by atoms with Gasteiger partial charge in [-0.2, -0.15) is 0 Å². The molecule has 0 bridgehead atoms. The molecule has 0 fully saturated rings. The number of aryl methyl sites for hydroxylation is 1. The fraction of sp³-hybridized carbons (Fsp3) is 0.231. The number of hydrogen-bond donors (Lipinski definition) is 3. The normalized spacial score (nSPS) is 10.3. The van der Waals surface area contributed by atoms with E-state index in [0.717, 1.165) is 34.6 Å². The summed E-state index contributed by atoms with van der Waals surface area (Å²) >= 11 is 3.44. The van der Waals surface area contributed by atoms with Crippen LogP contribution in [0.3, 0.4) is 0 Å². The molecule has 0 atom stereocenters. The molecular formula is C13H16BrN5. The highest BCUT2D eigenvalue weighted by molar-refractivity contribution is 9.10. The maximum atomic E-state index is 5.43. The van der Waals surface area contributed by atoms with Crippen LogP contribution in [0.25, 0.3) is 0 Å². The average molecular weight is 322 g/mol. The number of rotatable bonds is 5. The lowest BCUT2D eigenvalue weighted by Gasteiger charge is -2.09. The first-order chi connectivity index (χ1) is 9.21. The van der Waals surface area contributed by atoms with Crippen molar-refractivity contribution in [3.8, 4) is 0 Å². The molecule has 6 heteroatoms. The third-order valence-corrected chi connectivity index (χ3v) is 2.98. The van der Waals surface area contributed by atoms with Crippen molar-refractivity contribution in [1.29, 1.82) is 0 Å². The van der Waals surface area contributed by atoms with Crippen molar-refractivity contribution in [2.75, 3.05) is 10.7 Å². The highest BCUT2D eigenvalue weighted by Crippen LogP contribution is 2.20. The summed E-state index contributed by atoms with van der Waals surface area (Å²) < 4.78 is 1.01. The maximum absolute atomic E-state index is 5.43. The van der Waals surface area contributed by atoms with Gasteiger partial charge in [0.1, 0.15) is 17.5 Å². The van der Waals surface area contributed by atoms with Crippen molar-refractivity contribution in [2.45, 2.75) is 19.8 Å². The number of hydrazine groups is 1. The standard InChI is InChI=1S/C13H16BrN5/c1-2-4-11-17-12(8-13(18-11)19-15)16-10-6-3-5-9(14)7-10/h3,5-8H,2,4,15H2,1H3,(H2,16,17,18,19). The van der Waals surface area contributed by atoms with Gasteiger partial charge in [-0.3, -0.25) is 0 Å². The van der Waals surface area contributed by atoms with Crippen LogP contribution in [-0.4, -0.2) is 9.97 Å². The molecule has 0 saturated heterocycles. The van der Waals surface area contributed by atoms with Crippen molar-refractivity contribution >= 4 is 33.3 Å². The van der Waals surface area contributed by atoms with Crippen LogP contribution < -0.4 is 16.6 Å². The Hall–Kier alpha value is -1.66. The number of nitrogens with zero attached hydrogens (tertiary/aromatic N) is 2. The van der Waals surface area contributed by atoms with Crippen molar-refractivity contribution in [3.05, 3.63) is 40.6 Å². The van der Waals surface area contributed by atoms with Gasteiger partial charge in [-0.25, -0.2) is 15.8 Å². The second-order valence-electron chi connectivity index (χ2n) is 4.08. The van der Waals surface area contributed by atoms with Gasteiger partial charge in [-0.05, 0) is 24.6 Å². The molecule has 1 aromatic carbocycles. The molecule has 19 heavy (non-hydrogen) atoms. The highest BCUT2D eigenvalue weighted by Gasteiger charge is 2.04. The molecule has 0 saturated carbocycles. The topological polar surface area (TPSA) is 75.9 Å². The second-order valence-corrected chi connectivity index (χ2v) is 5.00. The Bertz CT molecular complexity index is 558. The summed E-state index contributed by atoms with van der Waals surface area (Å²) in [4.78, 5) is 8.77. The second kappa shape index (κ2) is 6.49. The lowest BCUT2D eigenvalue weighted by Crippen LogP contribution is -2.11. The molecule has 1 heterocycles. The van der Waals surface area contributed by atoms with Crippen LogP contribution in [0.5, 0.6) is 0 Å². The summed E-state index contributed by atoms with van der Waals surface area (Å²) in [6.45, 7) is 2.09. The number of anilines is 3. The minimum Gasteiger partial charge on any atom is -0.340 e. The number of halogens is 1. The summed E-state index contributed by atoms with van der Waals surface area (Å²) in [6, 6.07) is 9.67. The van der Waals surface area contributed by atoms with Gasteiger partial charge in [-0.1, -0.05) is 28.9 Å². The molecule has 2 aromatic rings. The smallest absolute Gasteiger partial charge is 0.145 e. The average Bonchev–Trinajstić information content (AvgIpc) is 2.39. The fourth-order valence-corrected chi connectivity index (χ4v) is 2.08. The highest BCUT2D eigenvalue weighted by atomic mass is 79.9. The van der Waals surface area contributed by atoms with Crippen molar-refractivity contribution in [1.82, 2.24) is 9.97 Å². The van der Waals surface area contributed by atoms with Gasteiger partial charge >= 0.3 is 0 Å². The Morgan fingerprint density at radius 3 is 2.68 bits per heavy atom. The van der Waals surface area contributed by atoms with Gasteiger partial charge in [0, 0.05) is 22.6 Å². The van der Waals surface area contributed by atoms with Crippen LogP contribution in [0.1, 0.15) is 19.2 Å². The summed E-state index contributed by atoms with van der Waals surface area (Å²) in [5.74, 6) is 7.53. The predicted molar refractivity (Wildman–Crippen MR) is 81.3 cm³/mol. The van der Waals surface area contributed by atoms with Crippen molar-refractivity contribution < 1.29 is 0 Å². The molecule has 0 unspecified atom stereocenters. The fourth-order valence-electron chi connectivity index (χ4n) is 1.68. The van der Waals surface area contributed by atoms with Crippen LogP contribution >= 0.6 is 15.9 Å². The summed E-state index contributed by atoms with van der Waals surface area (Å²) in [5.41, 5.74) is 3.52. The maximum Gasteiger partial charge on any atom is 0.145 e. The molecule has 0 aliphatic carbocycles. The van der Waals surface area contributed by atoms with Gasteiger partial charge in [0.15, 0.2) is 0 Å². The van der Waals surface area contributed by atoms with E-state index in [2.05, 4.69) is 43.6 Å². The zero-order chi connectivity index (χ0) is 13.7. The largest absolute Gasteiger partial charge is 0.340 e. The van der Waals surface area contributed by atoms with Gasteiger partial charge < -0.3 is 10.7 Å². The molecule has 2 rings (SSSR count). The Kier molecular flexibility index (Phi) is 4.70. The Labute approximate surface area is 120 Å². The zero-order valence-electron chi connectivity index (χ0n) is 10.7. The molecule has 0 amide bonds. The van der Waals surface area contributed by atoms with E-state index in [0.29, 0.717) is 5.82 Å². The Morgan fingerprint density at radius 1 is 1.21 bits per heavy atom. The van der Waals surface area contributed by atoms with E-state index in [4.69, 9.17) is 5.84 Å². The van der Waals surface area contributed by atoms with E-state index in [1.54, 1.807) is 6.07 Å². The minimum absolute atomic E-state index is 0.607. The molecule has 0 aliphatic rings. The Morgan fingerprint density at radius 2 is 2.00 bits per heavy atom. The zero-order valence-corrected chi connectivity index (χ0v) is 12.2. The molecule has 1 aromatic heterocycles. The number of hydrogen-bond acceptors (Lipinski definition) is 5. The van der Waals surface area contributed by atoms with Crippen LogP contribution in [-0.2, 0) is 6.42 Å². The number of aromatic nitrogens is 2. The Balaban J connectivity index is 2.26. The van der Waals surface area contributed by atoms with Gasteiger partial charge in [0.2, 0.25) is 0 Å². The van der Waals surface area contributed by atoms with Crippen LogP contribution in [0.2, 0.25) is 0 Å². The van der Waals surface area contributed by atoms with E-state index in [-0.39, 0.29) is 0 Å². The summed E-state index contributed by atoms with van der Waals surface area (Å²) in [7, 11) is 0. The number of nitrogens with two attached hydrogens (primary N) is 1. The SMILES string of the molecule is CCCc1nc(NN)cc(Nc2cccc(Br)c2)n1. The number of nitrogens with one attached hydrogen (secondary N) is 2. The van der Waals surface area contributed by atoms with E-state index in [1.165, 1.54) is 0 Å². The first-order valence-electron chi connectivity index (χ1n) is 6.08. The molecule has 100 valence electrons. The lowest BCUT2D eigenvalue weighted by atomic mass is 10.3. The monoisotopic (exact) mass is 321 g/mol. The van der Waals surface area contributed by atoms with Gasteiger partial charge in [0.05, 0.1) is 0 Å². The third kappa shape index (κ3) is 3.90. The molecule has 4 N–H and O–H groups in total. The first kappa shape index (κ1) is 13.8. The van der Waals surface area contributed by atoms with E-state index in [9.17, 15) is 0 Å². The van der Waals surface area contributed by atoms with Crippen molar-refractivity contribution in [3.63, 3.8) is 0 Å². The molecular weight excluding hydrogens is 306 g/mol. The summed E-state index contributed by atoms with van der Waals surface area (Å²) in [5, 5.41) is 3.24. The minimum atomic E-state index is 0.607. The van der Waals surface area contributed by atoms with E-state index >= 15 is 0 Å². The summed E-state index contributed by atoms with van der Waals surface area (Å²) in [6.07, 6.45) is 1.81. The van der Waals surface area contributed by atoms with Gasteiger partial charge in [0.25, 0.3) is 0 Å². The molecule has 5 nitrogen and oxygen atoms in total. The molecule has 0 spiro atoms. The third-order valence-electron chi connectivity index (χ3n) is 2.49. The van der Waals surface area contributed by atoms with Crippen molar-refractivity contribution in [2.24, 2.45) is 5.84 Å². The number of nitrogen functional groups attached to an aromatic ring is 1. The van der Waals surface area contributed by atoms with Crippen LogP contribution in [0, 0.1) is 0 Å². The quantitative estimate of drug-likeness (QED) is 0.582. The van der Waals surface area contributed by atoms with E-state index < -0.39 is 0 Å². The lowest BCUT2D eigenvalue weighted by molar-refractivity contribution is 0.837. The first-order valence-corrected chi connectivity index (χ1v) is 6.87. The molecule has 0 radical (unpaired) electrons. The van der Waals surface area contributed by atoms with Crippen LogP contribution in [0.4, 0.5) is 17.3 Å².